The van der Waals surface area contributed by atoms with E-state index in [0.29, 0.717) is 13.0 Å². The van der Waals surface area contributed by atoms with Gasteiger partial charge in [0.05, 0.1) is 25.4 Å². The summed E-state index contributed by atoms with van der Waals surface area (Å²) in [5.41, 5.74) is 1.85. The van der Waals surface area contributed by atoms with Crippen molar-refractivity contribution in [3.05, 3.63) is 132 Å². The summed E-state index contributed by atoms with van der Waals surface area (Å²) in [5, 5.41) is 14.2. The number of aliphatic hydroxyl groups is 1. The van der Waals surface area contributed by atoms with E-state index in [1.54, 1.807) is 0 Å². The maximum absolute atomic E-state index is 14.2. The van der Waals surface area contributed by atoms with E-state index in [2.05, 4.69) is 96.0 Å². The second-order valence-electron chi connectivity index (χ2n) is 15.9. The highest BCUT2D eigenvalue weighted by Gasteiger charge is 2.50. The topological polar surface area (TPSA) is 74.2 Å². The molecule has 0 aliphatic rings. The molecule has 0 heterocycles. The maximum Gasteiger partial charge on any atom is 0.261 e. The summed E-state index contributed by atoms with van der Waals surface area (Å²) in [4.78, 5) is 14.2. The first-order valence-corrected chi connectivity index (χ1v) is 24.8. The number of aliphatic hydroxyl groups excluding tert-OH is 1. The lowest BCUT2D eigenvalue weighted by Gasteiger charge is -2.44. The predicted molar refractivity (Wildman–Crippen MR) is 234 cm³/mol. The van der Waals surface area contributed by atoms with Gasteiger partial charge in [0, 0.05) is 18.9 Å². The van der Waals surface area contributed by atoms with E-state index in [-0.39, 0.29) is 42.5 Å². The Balaban J connectivity index is 1.60. The highest BCUT2D eigenvalue weighted by atomic mass is 28.4. The lowest BCUT2D eigenvalue weighted by Crippen LogP contribution is -2.66. The second kappa shape index (κ2) is 21.8. The normalized spacial score (nSPS) is 15.0. The van der Waals surface area contributed by atoms with Crippen LogP contribution in [0, 0.1) is 18.3 Å². The summed E-state index contributed by atoms with van der Waals surface area (Å²) in [5.74, 6) is 1.99. The van der Waals surface area contributed by atoms with Crippen LogP contribution in [-0.4, -0.2) is 58.5 Å². The fraction of sp³-hybridized carbons (Fsp3) is 0.438. The molecule has 0 radical (unpaired) electrons. The minimum Gasteiger partial charge on any atom is -0.413 e. The second-order valence-corrected chi connectivity index (χ2v) is 24.9. The van der Waals surface area contributed by atoms with Gasteiger partial charge in [-0.15, -0.1) is 6.42 Å². The number of carbonyl (C=O) groups excluding carboxylic acids is 1. The van der Waals surface area contributed by atoms with Gasteiger partial charge >= 0.3 is 0 Å². The molecule has 4 aromatic carbocycles. The van der Waals surface area contributed by atoms with Crippen LogP contribution in [-0.2, 0) is 36.3 Å². The number of Topliss-reactive ketones (excluding diaryl/α,β-unsaturated/α-hetero) is 1. The number of benzene rings is 4. The molecule has 0 spiro atoms. The monoisotopic (exact) mass is 792 g/mol. The highest BCUT2D eigenvalue weighted by molar-refractivity contribution is 6.99. The van der Waals surface area contributed by atoms with Crippen molar-refractivity contribution >= 4 is 32.8 Å². The minimum atomic E-state index is -2.80. The van der Waals surface area contributed by atoms with Gasteiger partial charge in [-0.25, -0.2) is 0 Å². The highest BCUT2D eigenvalue weighted by Crippen LogP contribution is 2.37. The Morgan fingerprint density at radius 1 is 0.732 bits per heavy atom. The molecule has 1 N–H and O–H groups in total. The summed E-state index contributed by atoms with van der Waals surface area (Å²) in [6.07, 6.45) is 3.08. The zero-order valence-electron chi connectivity index (χ0n) is 34.7. The fourth-order valence-corrected chi connectivity index (χ4v) is 15.2. The van der Waals surface area contributed by atoms with E-state index in [1.165, 1.54) is 10.4 Å². The van der Waals surface area contributed by atoms with Crippen LogP contribution in [0.5, 0.6) is 0 Å². The van der Waals surface area contributed by atoms with E-state index in [1.807, 2.05) is 79.7 Å². The molecule has 8 heteroatoms. The van der Waals surface area contributed by atoms with Crippen LogP contribution in [0.25, 0.3) is 0 Å². The number of hydrogen-bond acceptors (Lipinski definition) is 6. The first-order valence-electron chi connectivity index (χ1n) is 20.3. The Morgan fingerprint density at radius 2 is 1.18 bits per heavy atom. The molecule has 0 unspecified atom stereocenters. The van der Waals surface area contributed by atoms with Crippen LogP contribution in [0.1, 0.15) is 72.4 Å². The van der Waals surface area contributed by atoms with Crippen molar-refractivity contribution in [1.29, 1.82) is 0 Å². The first-order chi connectivity index (χ1) is 26.9. The van der Waals surface area contributed by atoms with Crippen molar-refractivity contribution in [2.45, 2.75) is 122 Å². The number of ether oxygens (including phenoxy) is 2. The third kappa shape index (κ3) is 11.7. The van der Waals surface area contributed by atoms with Gasteiger partial charge in [-0.2, -0.15) is 0 Å². The average molecular weight is 793 g/mol. The number of carbonyl (C=O) groups is 1. The third-order valence-corrected chi connectivity index (χ3v) is 21.1. The molecule has 0 aliphatic heterocycles. The van der Waals surface area contributed by atoms with Crippen LogP contribution >= 0.6 is 0 Å². The van der Waals surface area contributed by atoms with Gasteiger partial charge in [0.2, 0.25) is 0 Å². The molecule has 4 aromatic rings. The molecular formula is C48H64O6Si2. The predicted octanol–water partition coefficient (Wildman–Crippen LogP) is 9.10. The molecule has 0 amide bonds. The van der Waals surface area contributed by atoms with Gasteiger partial charge in [0.25, 0.3) is 8.32 Å². The van der Waals surface area contributed by atoms with Crippen LogP contribution < -0.4 is 10.4 Å². The average Bonchev–Trinajstić information content (AvgIpc) is 3.22. The lowest BCUT2D eigenvalue weighted by molar-refractivity contribution is -0.143. The standard InChI is InChI=1S/C48H64O6Si2/c1-9-45(51-36-39-25-17-13-18-26-39)47(52-37-40-27-19-14-20-28-40)44(50)35-43(49)38(5)46(54-55(10-2,11-3)12-4)33-34-53-56(48(6,7)8,41-29-21-15-22-30-41)42-31-23-16-24-32-42/h1,13-32,38,43,45-47,49H,10-12,33-37H2,2-8H3/t38-,43-,45+,46-,47-/m1/s1. The summed E-state index contributed by atoms with van der Waals surface area (Å²) in [6, 6.07) is 43.5. The van der Waals surface area contributed by atoms with Gasteiger partial charge in [-0.1, -0.05) is 176 Å². The summed E-state index contributed by atoms with van der Waals surface area (Å²) < 4.78 is 26.9. The van der Waals surface area contributed by atoms with Crippen molar-refractivity contribution in [2.24, 2.45) is 5.92 Å². The van der Waals surface area contributed by atoms with Gasteiger partial charge in [-0.05, 0) is 51.1 Å². The van der Waals surface area contributed by atoms with Crippen LogP contribution in [0.15, 0.2) is 121 Å². The first kappa shape index (κ1) is 45.1. The van der Waals surface area contributed by atoms with Crippen molar-refractivity contribution in [2.75, 3.05) is 6.61 Å². The Labute approximate surface area is 339 Å². The van der Waals surface area contributed by atoms with E-state index in [0.717, 1.165) is 29.3 Å². The molecule has 0 aliphatic carbocycles. The van der Waals surface area contributed by atoms with Gasteiger partial charge in [0.1, 0.15) is 0 Å². The summed E-state index contributed by atoms with van der Waals surface area (Å²) >= 11 is 0. The van der Waals surface area contributed by atoms with Crippen molar-refractivity contribution in [1.82, 2.24) is 0 Å². The fourth-order valence-electron chi connectivity index (χ4n) is 7.69. The summed E-state index contributed by atoms with van der Waals surface area (Å²) in [7, 11) is -4.94. The number of rotatable bonds is 23. The quantitative estimate of drug-likeness (QED) is 0.0597. The Bertz CT molecular complexity index is 1710. The molecule has 0 saturated carbocycles. The largest absolute Gasteiger partial charge is 0.413 e. The number of terminal acetylenes is 1. The lowest BCUT2D eigenvalue weighted by atomic mass is 9.91. The molecule has 5 atom stereocenters. The van der Waals surface area contributed by atoms with E-state index >= 15 is 0 Å². The van der Waals surface area contributed by atoms with Crippen LogP contribution in [0.3, 0.4) is 0 Å². The molecule has 0 fully saturated rings. The Hall–Kier alpha value is -3.66. The molecule has 6 nitrogen and oxygen atoms in total. The van der Waals surface area contributed by atoms with Crippen molar-refractivity contribution in [3.63, 3.8) is 0 Å². The molecule has 56 heavy (non-hydrogen) atoms. The molecule has 0 aromatic heterocycles. The molecule has 0 saturated heterocycles. The zero-order valence-corrected chi connectivity index (χ0v) is 36.7. The zero-order chi connectivity index (χ0) is 40.6. The SMILES string of the molecule is C#C[C@H](OCc1ccccc1)[C@H](OCc1ccccc1)C(=O)C[C@@H](O)[C@@H](C)[C@@H](CCO[Si](c1ccccc1)(c1ccccc1)C(C)(C)C)O[Si](CC)(CC)CC. The summed E-state index contributed by atoms with van der Waals surface area (Å²) in [6.45, 7) is 16.3. The van der Waals surface area contributed by atoms with Crippen molar-refractivity contribution < 1.29 is 28.2 Å². The molecule has 0 bridgehead atoms. The molecular weight excluding hydrogens is 729 g/mol. The Kier molecular flexibility index (Phi) is 17.5. The van der Waals surface area contributed by atoms with E-state index in [4.69, 9.17) is 24.7 Å². The van der Waals surface area contributed by atoms with Gasteiger partial charge in [-0.3, -0.25) is 4.79 Å². The third-order valence-electron chi connectivity index (χ3n) is 11.4. The minimum absolute atomic E-state index is 0.151. The van der Waals surface area contributed by atoms with Gasteiger partial charge in [0.15, 0.2) is 26.3 Å². The van der Waals surface area contributed by atoms with E-state index < -0.39 is 34.9 Å². The van der Waals surface area contributed by atoms with Crippen LogP contribution in [0.4, 0.5) is 0 Å². The maximum atomic E-state index is 14.2. The van der Waals surface area contributed by atoms with E-state index in [9.17, 15) is 9.90 Å². The van der Waals surface area contributed by atoms with Gasteiger partial charge < -0.3 is 23.4 Å². The number of ketones is 1. The van der Waals surface area contributed by atoms with Crippen LogP contribution in [0.2, 0.25) is 23.2 Å². The van der Waals surface area contributed by atoms with Crippen molar-refractivity contribution in [3.8, 4) is 12.3 Å². The Morgan fingerprint density at radius 3 is 1.61 bits per heavy atom. The molecule has 4 rings (SSSR count). The molecule has 300 valence electrons. The smallest absolute Gasteiger partial charge is 0.261 e. The number of hydrogen-bond donors (Lipinski definition) is 1.